The molecule has 2 heterocycles. The van der Waals surface area contributed by atoms with Crippen LogP contribution in [0.25, 0.3) is 11.3 Å². The third-order valence-electron chi connectivity index (χ3n) is 5.03. The summed E-state index contributed by atoms with van der Waals surface area (Å²) in [7, 11) is 0. The predicted octanol–water partition coefficient (Wildman–Crippen LogP) is 1.90. The Morgan fingerprint density at radius 3 is 2.56 bits per heavy atom. The molecule has 0 fully saturated rings. The Hall–Kier alpha value is -4.14. The lowest BCUT2D eigenvalue weighted by Crippen LogP contribution is -2.45. The molecule has 1 aliphatic rings. The summed E-state index contributed by atoms with van der Waals surface area (Å²) < 4.78 is 40.1. The maximum absolute atomic E-state index is 13.4. The van der Waals surface area contributed by atoms with Crippen molar-refractivity contribution in [2.24, 2.45) is 5.73 Å². The monoisotopic (exact) mass is 447 g/mol. The number of nitrogens with two attached hydrogens (primary N) is 2. The maximum Gasteiger partial charge on any atom is 0.417 e. The van der Waals surface area contributed by atoms with Gasteiger partial charge in [0.1, 0.15) is 23.5 Å². The number of carboxylic acids is 1. The molecule has 12 heteroatoms. The molecule has 0 spiro atoms. The van der Waals surface area contributed by atoms with E-state index >= 15 is 0 Å². The van der Waals surface area contributed by atoms with Crippen molar-refractivity contribution in [3.63, 3.8) is 0 Å². The van der Waals surface area contributed by atoms with Crippen molar-refractivity contribution in [3.8, 4) is 17.3 Å². The fourth-order valence-electron chi connectivity index (χ4n) is 3.52. The zero-order chi connectivity index (χ0) is 23.8. The van der Waals surface area contributed by atoms with Crippen LogP contribution in [0, 0.1) is 11.3 Å². The standard InChI is InChI=1S/C20H16F3N5O4/c21-20(22,23)13-6-14(27-17(25)12(13)7-24)9-1-2-11-10(5-9)8-28(19(11)32)15(18(26)31)3-4-16(29)30/h1-2,5-6,15H,3-4,8H2,(H2,25,27)(H2,26,31)(H,29,30)/t15-/m0/s1. The molecule has 9 nitrogen and oxygen atoms in total. The van der Waals surface area contributed by atoms with Crippen LogP contribution in [0.3, 0.4) is 0 Å². The SMILES string of the molecule is N#Cc1c(C(F)(F)F)cc(-c2ccc3c(c2)CN([C@@H](CCC(=O)O)C(N)=O)C3=O)nc1N. The van der Waals surface area contributed by atoms with Gasteiger partial charge in [-0.05, 0) is 30.2 Å². The molecule has 5 N–H and O–H groups in total. The minimum absolute atomic E-state index is 0.0902. The van der Waals surface area contributed by atoms with Gasteiger partial charge >= 0.3 is 12.1 Å². The number of aromatic nitrogens is 1. The number of aliphatic carboxylic acids is 1. The van der Waals surface area contributed by atoms with Crippen molar-refractivity contribution in [3.05, 3.63) is 46.5 Å². The summed E-state index contributed by atoms with van der Waals surface area (Å²) in [6.07, 6.45) is -5.40. The largest absolute Gasteiger partial charge is 0.481 e. The Kier molecular flexibility index (Phi) is 5.76. The van der Waals surface area contributed by atoms with E-state index < -0.39 is 46.9 Å². The molecule has 1 atom stereocenters. The number of benzene rings is 1. The second-order valence-corrected chi connectivity index (χ2v) is 7.08. The van der Waals surface area contributed by atoms with Gasteiger partial charge in [-0.1, -0.05) is 6.07 Å². The molecule has 0 unspecified atom stereocenters. The number of carbonyl (C=O) groups is 3. The molecular formula is C20H16F3N5O4. The van der Waals surface area contributed by atoms with Gasteiger partial charge in [0.15, 0.2) is 0 Å². The third kappa shape index (κ3) is 4.18. The lowest BCUT2D eigenvalue weighted by Gasteiger charge is -2.24. The quantitative estimate of drug-likeness (QED) is 0.609. The number of fused-ring (bicyclic) bond motifs is 1. The number of halogens is 3. The number of carbonyl (C=O) groups excluding carboxylic acids is 2. The van der Waals surface area contributed by atoms with Crippen LogP contribution in [0.15, 0.2) is 24.3 Å². The number of pyridine rings is 1. The number of primary amides is 1. The Balaban J connectivity index is 1.99. The molecule has 0 bridgehead atoms. The van der Waals surface area contributed by atoms with E-state index in [1.165, 1.54) is 24.3 Å². The smallest absolute Gasteiger partial charge is 0.417 e. The van der Waals surface area contributed by atoms with Gasteiger partial charge in [0.2, 0.25) is 5.91 Å². The fourth-order valence-corrected chi connectivity index (χ4v) is 3.52. The van der Waals surface area contributed by atoms with Gasteiger partial charge < -0.3 is 21.5 Å². The van der Waals surface area contributed by atoms with Crippen LogP contribution in [0.2, 0.25) is 0 Å². The van der Waals surface area contributed by atoms with E-state index in [0.717, 1.165) is 4.90 Å². The van der Waals surface area contributed by atoms with Crippen molar-refractivity contribution in [2.45, 2.75) is 31.6 Å². The number of amides is 2. The number of rotatable bonds is 6. The molecule has 2 amide bonds. The van der Waals surface area contributed by atoms with E-state index in [2.05, 4.69) is 4.98 Å². The number of hydrogen-bond acceptors (Lipinski definition) is 6. The van der Waals surface area contributed by atoms with Crippen LogP contribution in [0.4, 0.5) is 19.0 Å². The van der Waals surface area contributed by atoms with Gasteiger partial charge in [-0.2, -0.15) is 18.4 Å². The molecule has 2 aromatic rings. The number of alkyl halides is 3. The van der Waals surface area contributed by atoms with Crippen molar-refractivity contribution in [1.82, 2.24) is 9.88 Å². The van der Waals surface area contributed by atoms with Gasteiger partial charge in [0, 0.05) is 24.1 Å². The second kappa shape index (κ2) is 8.18. The number of hydrogen-bond donors (Lipinski definition) is 3. The Morgan fingerprint density at radius 2 is 2.00 bits per heavy atom. The molecular weight excluding hydrogens is 431 g/mol. The summed E-state index contributed by atoms with van der Waals surface area (Å²) in [4.78, 5) is 40.3. The molecule has 1 aliphatic heterocycles. The van der Waals surface area contributed by atoms with Gasteiger partial charge in [0.25, 0.3) is 5.91 Å². The number of nitrogens with zero attached hydrogens (tertiary/aromatic N) is 3. The fraction of sp³-hybridized carbons (Fsp3) is 0.250. The van der Waals surface area contributed by atoms with E-state index in [0.29, 0.717) is 11.6 Å². The summed E-state index contributed by atoms with van der Waals surface area (Å²) in [6.45, 7) is -0.0902. The molecule has 1 aromatic carbocycles. The Bertz CT molecular complexity index is 1170. The summed E-state index contributed by atoms with van der Waals surface area (Å²) in [5.41, 5.74) is 9.53. The molecule has 0 aliphatic carbocycles. The average molecular weight is 447 g/mol. The summed E-state index contributed by atoms with van der Waals surface area (Å²) >= 11 is 0. The third-order valence-corrected chi connectivity index (χ3v) is 5.03. The number of nitrogen functional groups attached to an aromatic ring is 1. The minimum atomic E-state index is -4.83. The first-order valence-corrected chi connectivity index (χ1v) is 9.17. The molecule has 3 rings (SSSR count). The number of nitriles is 1. The maximum atomic E-state index is 13.4. The first-order valence-electron chi connectivity index (χ1n) is 9.17. The lowest BCUT2D eigenvalue weighted by molar-refractivity contribution is -0.138. The Morgan fingerprint density at radius 1 is 1.31 bits per heavy atom. The highest BCUT2D eigenvalue weighted by Gasteiger charge is 2.37. The van der Waals surface area contributed by atoms with Gasteiger partial charge in [-0.15, -0.1) is 0 Å². The average Bonchev–Trinajstić information content (AvgIpc) is 3.02. The van der Waals surface area contributed by atoms with E-state index in [-0.39, 0.29) is 36.2 Å². The van der Waals surface area contributed by atoms with E-state index in [4.69, 9.17) is 21.8 Å². The summed E-state index contributed by atoms with van der Waals surface area (Å²) in [5, 5.41) is 17.9. The van der Waals surface area contributed by atoms with Gasteiger partial charge in [0.05, 0.1) is 11.3 Å². The summed E-state index contributed by atoms with van der Waals surface area (Å²) in [5.74, 6) is -3.17. The van der Waals surface area contributed by atoms with E-state index in [9.17, 15) is 27.6 Å². The van der Waals surface area contributed by atoms with Crippen LogP contribution in [0.1, 0.15) is 39.9 Å². The first kappa shape index (κ1) is 22.5. The first-order chi connectivity index (χ1) is 14.9. The Labute approximate surface area is 179 Å². The topological polar surface area (TPSA) is 163 Å². The molecule has 0 saturated carbocycles. The van der Waals surface area contributed by atoms with Gasteiger partial charge in [-0.25, -0.2) is 4.98 Å². The molecule has 0 radical (unpaired) electrons. The molecule has 166 valence electrons. The van der Waals surface area contributed by atoms with Crippen molar-refractivity contribution in [1.29, 1.82) is 5.26 Å². The van der Waals surface area contributed by atoms with Crippen molar-refractivity contribution < 1.29 is 32.7 Å². The summed E-state index contributed by atoms with van der Waals surface area (Å²) in [6, 6.07) is 5.10. The molecule has 0 saturated heterocycles. The normalized spacial score (nSPS) is 14.1. The zero-order valence-electron chi connectivity index (χ0n) is 16.3. The molecule has 1 aromatic heterocycles. The predicted molar refractivity (Wildman–Crippen MR) is 104 cm³/mol. The number of anilines is 1. The van der Waals surface area contributed by atoms with E-state index in [1.807, 2.05) is 0 Å². The van der Waals surface area contributed by atoms with Crippen LogP contribution < -0.4 is 11.5 Å². The van der Waals surface area contributed by atoms with Crippen LogP contribution in [-0.4, -0.2) is 38.8 Å². The van der Waals surface area contributed by atoms with Crippen molar-refractivity contribution in [2.75, 3.05) is 5.73 Å². The van der Waals surface area contributed by atoms with Crippen LogP contribution in [-0.2, 0) is 22.3 Å². The minimum Gasteiger partial charge on any atom is -0.481 e. The van der Waals surface area contributed by atoms with E-state index in [1.54, 1.807) is 0 Å². The molecule has 32 heavy (non-hydrogen) atoms. The lowest BCUT2D eigenvalue weighted by atomic mass is 10.0. The zero-order valence-corrected chi connectivity index (χ0v) is 16.3. The highest BCUT2D eigenvalue weighted by molar-refractivity contribution is 6.01. The van der Waals surface area contributed by atoms with Crippen LogP contribution in [0.5, 0.6) is 0 Å². The number of carboxylic acid groups (broad SMARTS) is 1. The highest BCUT2D eigenvalue weighted by Crippen LogP contribution is 2.37. The van der Waals surface area contributed by atoms with Crippen molar-refractivity contribution >= 4 is 23.6 Å². The van der Waals surface area contributed by atoms with Crippen LogP contribution >= 0.6 is 0 Å². The highest BCUT2D eigenvalue weighted by atomic mass is 19.4. The van der Waals surface area contributed by atoms with Gasteiger partial charge in [-0.3, -0.25) is 14.4 Å². The second-order valence-electron chi connectivity index (χ2n) is 7.08.